The molecule has 100 valence electrons. The van der Waals surface area contributed by atoms with Gasteiger partial charge in [-0.3, -0.25) is 14.9 Å². The summed E-state index contributed by atoms with van der Waals surface area (Å²) in [6, 6.07) is 5.78. The molecule has 1 aromatic rings. The average molecular weight is 264 g/mol. The first-order chi connectivity index (χ1) is 9.02. The average Bonchev–Trinajstić information content (AvgIpc) is 2.42. The van der Waals surface area contributed by atoms with E-state index in [0.29, 0.717) is 5.56 Å². The normalized spacial score (nSPS) is 10.2. The van der Waals surface area contributed by atoms with E-state index in [1.165, 1.54) is 31.3 Å². The summed E-state index contributed by atoms with van der Waals surface area (Å²) in [5.41, 5.74) is 0.423. The fourth-order valence-electron chi connectivity index (χ4n) is 1.16. The summed E-state index contributed by atoms with van der Waals surface area (Å²) in [7, 11) is 1.43. The van der Waals surface area contributed by atoms with Crippen LogP contribution in [0.5, 0.6) is 0 Å². The fraction of sp³-hybridized carbons (Fsp3) is 0.167. The van der Waals surface area contributed by atoms with Crippen molar-refractivity contribution < 1.29 is 19.2 Å². The molecule has 0 fully saturated rings. The van der Waals surface area contributed by atoms with Crippen LogP contribution in [0.15, 0.2) is 30.3 Å². The van der Waals surface area contributed by atoms with Gasteiger partial charge in [-0.2, -0.15) is 0 Å². The monoisotopic (exact) mass is 264 g/mol. The van der Waals surface area contributed by atoms with E-state index in [1.54, 1.807) is 6.07 Å². The third-order valence-corrected chi connectivity index (χ3v) is 2.12. The molecule has 0 unspecified atom stereocenters. The number of non-ortho nitro benzene ring substituents is 1. The molecule has 1 amide bonds. The Morgan fingerprint density at radius 1 is 1.47 bits per heavy atom. The van der Waals surface area contributed by atoms with Gasteiger partial charge in [0.25, 0.3) is 11.6 Å². The maximum atomic E-state index is 11.2. The zero-order chi connectivity index (χ0) is 14.3. The lowest BCUT2D eigenvalue weighted by Gasteiger charge is -1.99. The zero-order valence-corrected chi connectivity index (χ0v) is 10.2. The van der Waals surface area contributed by atoms with Gasteiger partial charge in [0.05, 0.1) is 4.92 Å². The van der Waals surface area contributed by atoms with E-state index >= 15 is 0 Å². The first kappa shape index (κ1) is 14.4. The minimum Gasteiger partial charge on any atom is -0.452 e. The molecule has 19 heavy (non-hydrogen) atoms. The number of amides is 1. The van der Waals surface area contributed by atoms with Crippen molar-refractivity contribution in [1.29, 1.82) is 0 Å². The third-order valence-electron chi connectivity index (χ3n) is 2.12. The lowest BCUT2D eigenvalue weighted by molar-refractivity contribution is -0.384. The Balaban J connectivity index is 2.61. The number of likely N-dealkylation sites (N-methyl/N-ethyl adjacent to an activating group) is 1. The third kappa shape index (κ3) is 4.99. The van der Waals surface area contributed by atoms with Crippen LogP contribution in [0.25, 0.3) is 6.08 Å². The van der Waals surface area contributed by atoms with E-state index in [9.17, 15) is 19.7 Å². The van der Waals surface area contributed by atoms with E-state index < -0.39 is 16.8 Å². The van der Waals surface area contributed by atoms with Crippen molar-refractivity contribution in [3.8, 4) is 0 Å². The second-order valence-corrected chi connectivity index (χ2v) is 3.47. The Morgan fingerprint density at radius 2 is 2.21 bits per heavy atom. The van der Waals surface area contributed by atoms with Crippen LogP contribution in [0.1, 0.15) is 5.56 Å². The predicted molar refractivity (Wildman–Crippen MR) is 67.2 cm³/mol. The summed E-state index contributed by atoms with van der Waals surface area (Å²) in [4.78, 5) is 32.1. The van der Waals surface area contributed by atoms with Gasteiger partial charge < -0.3 is 10.1 Å². The van der Waals surface area contributed by atoms with E-state index in [-0.39, 0.29) is 12.3 Å². The number of carbonyl (C=O) groups excluding carboxylic acids is 2. The molecule has 0 aliphatic rings. The highest BCUT2D eigenvalue weighted by Crippen LogP contribution is 2.14. The van der Waals surface area contributed by atoms with Gasteiger partial charge in [-0.05, 0) is 11.6 Å². The summed E-state index contributed by atoms with van der Waals surface area (Å²) in [5.74, 6) is -1.12. The smallest absolute Gasteiger partial charge is 0.331 e. The quantitative estimate of drug-likeness (QED) is 0.368. The molecule has 0 saturated heterocycles. The highest BCUT2D eigenvalue weighted by Gasteiger charge is 2.05. The SMILES string of the molecule is CNC(=O)COC(=O)/C=C/c1cccc([N+](=O)[O-])c1. The highest BCUT2D eigenvalue weighted by atomic mass is 16.6. The largest absolute Gasteiger partial charge is 0.452 e. The Hall–Kier alpha value is -2.70. The Kier molecular flexibility index (Phi) is 5.21. The molecule has 0 atom stereocenters. The fourth-order valence-corrected chi connectivity index (χ4v) is 1.16. The van der Waals surface area contributed by atoms with Gasteiger partial charge in [-0.25, -0.2) is 4.79 Å². The molecular weight excluding hydrogens is 252 g/mol. The maximum absolute atomic E-state index is 11.2. The number of hydrogen-bond donors (Lipinski definition) is 1. The molecule has 7 heteroatoms. The van der Waals surface area contributed by atoms with Gasteiger partial charge in [0.2, 0.25) is 0 Å². The van der Waals surface area contributed by atoms with Crippen LogP contribution in [-0.2, 0) is 14.3 Å². The molecule has 0 aromatic heterocycles. The second kappa shape index (κ2) is 6.90. The van der Waals surface area contributed by atoms with Crippen LogP contribution in [0.3, 0.4) is 0 Å². The number of nitro groups is 1. The highest BCUT2D eigenvalue weighted by molar-refractivity contribution is 5.89. The van der Waals surface area contributed by atoms with Crippen LogP contribution in [-0.4, -0.2) is 30.5 Å². The first-order valence-corrected chi connectivity index (χ1v) is 5.33. The van der Waals surface area contributed by atoms with Crippen molar-refractivity contribution in [3.63, 3.8) is 0 Å². The number of rotatable bonds is 5. The maximum Gasteiger partial charge on any atom is 0.331 e. The van der Waals surface area contributed by atoms with Crippen molar-refractivity contribution >= 4 is 23.6 Å². The number of esters is 1. The van der Waals surface area contributed by atoms with Gasteiger partial charge in [0, 0.05) is 25.3 Å². The number of nitro benzene ring substituents is 1. The number of hydrogen-bond acceptors (Lipinski definition) is 5. The molecule has 0 aliphatic heterocycles. The van der Waals surface area contributed by atoms with Crippen LogP contribution < -0.4 is 5.32 Å². The number of benzene rings is 1. The lowest BCUT2D eigenvalue weighted by Crippen LogP contribution is -2.24. The number of carbonyl (C=O) groups is 2. The Labute approximate surface area is 109 Å². The summed E-state index contributed by atoms with van der Waals surface area (Å²) in [6.07, 6.45) is 2.47. The zero-order valence-electron chi connectivity index (χ0n) is 10.2. The van der Waals surface area contributed by atoms with Crippen molar-refractivity contribution in [2.75, 3.05) is 13.7 Å². The molecule has 0 radical (unpaired) electrons. The summed E-state index contributed by atoms with van der Waals surface area (Å²) < 4.78 is 4.62. The molecule has 1 N–H and O–H groups in total. The van der Waals surface area contributed by atoms with Crippen LogP contribution >= 0.6 is 0 Å². The summed E-state index contributed by atoms with van der Waals surface area (Å²) >= 11 is 0. The Bertz CT molecular complexity index is 525. The molecule has 1 aromatic carbocycles. The topological polar surface area (TPSA) is 98.5 Å². The van der Waals surface area contributed by atoms with Gasteiger partial charge in [0.15, 0.2) is 6.61 Å². The van der Waals surface area contributed by atoms with Crippen LogP contribution in [0.2, 0.25) is 0 Å². The van der Waals surface area contributed by atoms with Crippen molar-refractivity contribution in [3.05, 3.63) is 46.0 Å². The van der Waals surface area contributed by atoms with Gasteiger partial charge in [0.1, 0.15) is 0 Å². The van der Waals surface area contributed by atoms with E-state index in [1.807, 2.05) is 0 Å². The minimum absolute atomic E-state index is 0.0686. The number of ether oxygens (including phenoxy) is 1. The van der Waals surface area contributed by atoms with Gasteiger partial charge >= 0.3 is 5.97 Å². The molecule has 7 nitrogen and oxygen atoms in total. The van der Waals surface area contributed by atoms with E-state index in [2.05, 4.69) is 10.1 Å². The second-order valence-electron chi connectivity index (χ2n) is 3.47. The predicted octanol–water partition coefficient (Wildman–Crippen LogP) is 0.897. The lowest BCUT2D eigenvalue weighted by atomic mass is 10.2. The molecule has 0 bridgehead atoms. The standard InChI is InChI=1S/C12H12N2O5/c1-13-11(15)8-19-12(16)6-5-9-3-2-4-10(7-9)14(17)18/h2-7H,8H2,1H3,(H,13,15)/b6-5+. The van der Waals surface area contributed by atoms with Crippen molar-refractivity contribution in [2.24, 2.45) is 0 Å². The van der Waals surface area contributed by atoms with E-state index in [0.717, 1.165) is 6.08 Å². The van der Waals surface area contributed by atoms with Crippen molar-refractivity contribution in [1.82, 2.24) is 5.32 Å². The molecule has 0 heterocycles. The first-order valence-electron chi connectivity index (χ1n) is 5.33. The van der Waals surface area contributed by atoms with Gasteiger partial charge in [-0.15, -0.1) is 0 Å². The molecule has 1 rings (SSSR count). The van der Waals surface area contributed by atoms with E-state index in [4.69, 9.17) is 0 Å². The Morgan fingerprint density at radius 3 is 2.84 bits per heavy atom. The molecular formula is C12H12N2O5. The minimum atomic E-state index is -0.699. The van der Waals surface area contributed by atoms with Crippen molar-refractivity contribution in [2.45, 2.75) is 0 Å². The summed E-state index contributed by atoms with van der Waals surface area (Å²) in [6.45, 7) is -0.366. The molecule has 0 spiro atoms. The number of nitrogens with zero attached hydrogens (tertiary/aromatic N) is 1. The molecule has 0 aliphatic carbocycles. The molecule has 0 saturated carbocycles. The number of nitrogens with one attached hydrogen (secondary N) is 1. The van der Waals surface area contributed by atoms with Crippen LogP contribution in [0.4, 0.5) is 5.69 Å². The summed E-state index contributed by atoms with van der Waals surface area (Å²) in [5, 5.41) is 12.8. The van der Waals surface area contributed by atoms with Crippen LogP contribution in [0, 0.1) is 10.1 Å². The van der Waals surface area contributed by atoms with Gasteiger partial charge in [-0.1, -0.05) is 12.1 Å².